The van der Waals surface area contributed by atoms with Crippen LogP contribution in [-0.2, 0) is 77.0 Å². The monoisotopic (exact) mass is 845 g/mol. The summed E-state index contributed by atoms with van der Waals surface area (Å²) in [6.07, 6.45) is -5.52. The van der Waals surface area contributed by atoms with E-state index in [1.165, 1.54) is 27.9 Å². The van der Waals surface area contributed by atoms with Crippen LogP contribution in [0.2, 0.25) is 0 Å². The van der Waals surface area contributed by atoms with Crippen molar-refractivity contribution in [3.63, 3.8) is 0 Å². The molecule has 23 nitrogen and oxygen atoms in total. The van der Waals surface area contributed by atoms with Crippen molar-refractivity contribution in [2.45, 2.75) is 104 Å². The van der Waals surface area contributed by atoms with Gasteiger partial charge in [0.05, 0.1) is 19.8 Å². The maximum Gasteiger partial charge on any atom is 0.510 e. The molecule has 0 aliphatic carbocycles. The first-order chi connectivity index (χ1) is 26.7. The lowest BCUT2D eigenvalue weighted by molar-refractivity contribution is -0.282. The van der Waals surface area contributed by atoms with Crippen LogP contribution in [0.15, 0.2) is 21.9 Å². The molecule has 1 aromatic rings. The Morgan fingerprint density at radius 3 is 2.07 bits per heavy atom. The van der Waals surface area contributed by atoms with Crippen LogP contribution in [0.4, 0.5) is 18.8 Å². The van der Waals surface area contributed by atoms with Crippen LogP contribution in [0.3, 0.4) is 0 Å². The number of aromatic nitrogens is 2. The first kappa shape index (κ1) is 47.2. The minimum Gasteiger partial charge on any atom is -0.444 e. The second-order valence-corrected chi connectivity index (χ2v) is 15.3. The molecule has 1 unspecified atom stereocenters. The molecule has 324 valence electrons. The Bertz CT molecular complexity index is 1710. The molecule has 3 rings (SSSR count). The highest BCUT2D eigenvalue weighted by Crippen LogP contribution is 2.56. The van der Waals surface area contributed by atoms with Gasteiger partial charge >= 0.3 is 37.9 Å². The minimum atomic E-state index is -4.96. The Morgan fingerprint density at radius 2 is 1.56 bits per heavy atom. The van der Waals surface area contributed by atoms with Crippen LogP contribution in [0.5, 0.6) is 0 Å². The maximum atomic E-state index is 15.4. The summed E-state index contributed by atoms with van der Waals surface area (Å²) in [5, 5.41) is 2.41. The fraction of sp³-hybridized carbons (Fsp3) is 0.750. The van der Waals surface area contributed by atoms with E-state index in [0.717, 1.165) is 16.8 Å². The highest BCUT2D eigenvalue weighted by atomic mass is 31.2. The molecule has 2 fully saturated rings. The summed E-state index contributed by atoms with van der Waals surface area (Å²) in [7, 11) is -3.77. The predicted molar refractivity (Wildman–Crippen MR) is 185 cm³/mol. The van der Waals surface area contributed by atoms with E-state index in [1.54, 1.807) is 34.6 Å². The van der Waals surface area contributed by atoms with Gasteiger partial charge in [0.25, 0.3) is 12.0 Å². The summed E-state index contributed by atoms with van der Waals surface area (Å²) < 4.78 is 97.7. The SMILES string of the molecule is CCOC(=O)OCOP(=O)(OCOC(=O)OCC)OC[C@@]1(CF)O[C@@H](n2ccc(=O)n(COC(=O)[C@@H](NC(=O)OC(C)(C)C)C(C)C)c2=O)[C@]2(C)OC(OC)O[C@H]12. The van der Waals surface area contributed by atoms with Gasteiger partial charge in [-0.1, -0.05) is 13.8 Å². The van der Waals surface area contributed by atoms with Crippen molar-refractivity contribution < 1.29 is 89.1 Å². The average molecular weight is 846 g/mol. The highest BCUT2D eigenvalue weighted by Gasteiger charge is 2.70. The second kappa shape index (κ2) is 20.0. The molecule has 0 spiro atoms. The molecule has 3 heterocycles. The van der Waals surface area contributed by atoms with Gasteiger partial charge in [-0.05, 0) is 47.5 Å². The van der Waals surface area contributed by atoms with E-state index in [1.807, 2.05) is 0 Å². The Labute approximate surface area is 325 Å². The van der Waals surface area contributed by atoms with Gasteiger partial charge in [0.1, 0.15) is 30.0 Å². The maximum absolute atomic E-state index is 15.4. The molecular weight excluding hydrogens is 796 g/mol. The van der Waals surface area contributed by atoms with Crippen molar-refractivity contribution in [1.82, 2.24) is 14.5 Å². The van der Waals surface area contributed by atoms with E-state index in [9.17, 15) is 33.3 Å². The van der Waals surface area contributed by atoms with Crippen LogP contribution >= 0.6 is 7.82 Å². The van der Waals surface area contributed by atoms with Crippen molar-refractivity contribution in [3.8, 4) is 0 Å². The summed E-state index contributed by atoms with van der Waals surface area (Å²) in [6, 6.07) is -0.314. The number of hydrogen-bond donors (Lipinski definition) is 1. The molecule has 2 saturated heterocycles. The molecule has 1 aromatic heterocycles. The van der Waals surface area contributed by atoms with E-state index >= 15 is 4.39 Å². The van der Waals surface area contributed by atoms with Crippen LogP contribution < -0.4 is 16.6 Å². The highest BCUT2D eigenvalue weighted by molar-refractivity contribution is 7.48. The standard InChI is InChI=1S/C32H49FN3O20P/c1-10-45-27(41)48-17-51-57(43,52-18-49-28(42)46-11-2)50-15-32(14-33)23-31(8,56-29(44-9)53-23)24(54-32)35-13-12-20(37)36(26(35)40)16-47-22(38)21(19(3)4)34-25(39)55-30(5,6)7/h12-13,19,21,23-24,29H,10-11,14-18H2,1-9H3,(H,34,39)/t21-,23-,24+,29?,31+,32+/m0/s1. The summed E-state index contributed by atoms with van der Waals surface area (Å²) >= 11 is 0. The number of carbonyl (C=O) groups excluding carboxylic acids is 4. The van der Waals surface area contributed by atoms with Crippen LogP contribution in [0, 0.1) is 5.92 Å². The molecule has 0 aromatic carbocycles. The Kier molecular flexibility index (Phi) is 16.6. The van der Waals surface area contributed by atoms with E-state index < -0.39 is 125 Å². The normalized spacial score (nSPS) is 23.7. The fourth-order valence-corrected chi connectivity index (χ4v) is 6.30. The average Bonchev–Trinajstić information content (AvgIpc) is 3.59. The van der Waals surface area contributed by atoms with Crippen molar-refractivity contribution in [1.29, 1.82) is 0 Å². The van der Waals surface area contributed by atoms with Gasteiger partial charge in [-0.2, -0.15) is 0 Å². The number of carbonyl (C=O) groups is 4. The van der Waals surface area contributed by atoms with E-state index in [-0.39, 0.29) is 13.2 Å². The number of phosphoric ester groups is 1. The molecule has 0 radical (unpaired) electrons. The van der Waals surface area contributed by atoms with Gasteiger partial charge in [0, 0.05) is 19.4 Å². The number of fused-ring (bicyclic) bond motifs is 1. The number of nitrogens with one attached hydrogen (secondary N) is 1. The molecule has 0 saturated carbocycles. The lowest BCUT2D eigenvalue weighted by Gasteiger charge is -2.31. The van der Waals surface area contributed by atoms with Crippen LogP contribution in [-0.4, -0.2) is 116 Å². The number of esters is 1. The van der Waals surface area contributed by atoms with Gasteiger partial charge in [0.15, 0.2) is 18.6 Å². The molecular formula is C32H49FN3O20P. The lowest BCUT2D eigenvalue weighted by atomic mass is 9.88. The van der Waals surface area contributed by atoms with Crippen molar-refractivity contribution in [3.05, 3.63) is 33.1 Å². The van der Waals surface area contributed by atoms with Gasteiger partial charge < -0.3 is 52.7 Å². The molecule has 6 atom stereocenters. The third-order valence-corrected chi connectivity index (χ3v) is 9.18. The van der Waals surface area contributed by atoms with Crippen LogP contribution in [0.1, 0.15) is 61.6 Å². The summed E-state index contributed by atoms with van der Waals surface area (Å²) in [6.45, 7) is 5.21. The third kappa shape index (κ3) is 12.2. The lowest BCUT2D eigenvalue weighted by Crippen LogP contribution is -2.52. The first-order valence-corrected chi connectivity index (χ1v) is 18.8. The van der Waals surface area contributed by atoms with Crippen molar-refractivity contribution in [2.24, 2.45) is 5.92 Å². The zero-order chi connectivity index (χ0) is 42.8. The Morgan fingerprint density at radius 1 is 0.965 bits per heavy atom. The van der Waals surface area contributed by atoms with E-state index in [0.29, 0.717) is 4.57 Å². The fourth-order valence-electron chi connectivity index (χ4n) is 5.34. The van der Waals surface area contributed by atoms with Gasteiger partial charge in [-0.25, -0.2) is 46.5 Å². The predicted octanol–water partition coefficient (Wildman–Crippen LogP) is 2.82. The Balaban J connectivity index is 1.92. The second-order valence-electron chi connectivity index (χ2n) is 13.6. The topological polar surface area (TPSA) is 261 Å². The molecule has 2 aliphatic rings. The largest absolute Gasteiger partial charge is 0.510 e. The molecule has 0 bridgehead atoms. The number of ether oxygens (including phenoxy) is 10. The molecule has 57 heavy (non-hydrogen) atoms. The van der Waals surface area contributed by atoms with Crippen molar-refractivity contribution >= 4 is 32.2 Å². The molecule has 2 aliphatic heterocycles. The van der Waals surface area contributed by atoms with Gasteiger partial charge in [-0.3, -0.25) is 13.9 Å². The number of rotatable bonds is 19. The van der Waals surface area contributed by atoms with Gasteiger partial charge in [0.2, 0.25) is 13.6 Å². The molecule has 1 N–H and O–H groups in total. The minimum absolute atomic E-state index is 0.0726. The first-order valence-electron chi connectivity index (χ1n) is 17.4. The number of phosphoric acid groups is 1. The zero-order valence-corrected chi connectivity index (χ0v) is 33.8. The summed E-state index contributed by atoms with van der Waals surface area (Å²) in [5.74, 6) is -1.51. The van der Waals surface area contributed by atoms with E-state index in [4.69, 9.17) is 42.0 Å². The summed E-state index contributed by atoms with van der Waals surface area (Å²) in [5.41, 5.74) is -7.07. The number of halogens is 1. The number of amides is 1. The number of methoxy groups -OCH3 is 1. The molecule has 1 amide bonds. The molecule has 25 heteroatoms. The number of alkyl carbamates (subject to hydrolysis) is 1. The Hall–Kier alpha value is -4.16. The van der Waals surface area contributed by atoms with E-state index in [2.05, 4.69) is 24.3 Å². The number of nitrogens with zero attached hydrogens (tertiary/aromatic N) is 2. The quantitative estimate of drug-likeness (QED) is 0.0908. The number of alkyl halides is 1. The third-order valence-electron chi connectivity index (χ3n) is 7.89. The van der Waals surface area contributed by atoms with Crippen molar-refractivity contribution in [2.75, 3.05) is 47.2 Å². The smallest absolute Gasteiger partial charge is 0.444 e. The summed E-state index contributed by atoms with van der Waals surface area (Å²) in [4.78, 5) is 75.6. The van der Waals surface area contributed by atoms with Gasteiger partial charge in [-0.15, -0.1) is 0 Å². The van der Waals surface area contributed by atoms with Crippen LogP contribution in [0.25, 0.3) is 0 Å². The number of hydrogen-bond acceptors (Lipinski definition) is 20. The zero-order valence-electron chi connectivity index (χ0n) is 32.9.